The van der Waals surface area contributed by atoms with Gasteiger partial charge in [-0.15, -0.1) is 0 Å². The normalized spacial score (nSPS) is 17.9. The molecule has 0 bridgehead atoms. The van der Waals surface area contributed by atoms with Crippen molar-refractivity contribution in [2.75, 3.05) is 38.8 Å². The standard InChI is InChI=1S/C15H20N2O4/c1-20-9-7-16-14(18)13-6-8-17(15(13)19)11-4-3-5-12(10-11)21-2/h3-5,10,13H,6-9H2,1-2H3,(H,16,18). The van der Waals surface area contributed by atoms with Crippen molar-refractivity contribution in [1.82, 2.24) is 5.32 Å². The molecule has 0 spiro atoms. The van der Waals surface area contributed by atoms with E-state index in [0.29, 0.717) is 31.9 Å². The monoisotopic (exact) mass is 292 g/mol. The van der Waals surface area contributed by atoms with Crippen LogP contribution >= 0.6 is 0 Å². The Morgan fingerprint density at radius 3 is 2.95 bits per heavy atom. The lowest BCUT2D eigenvalue weighted by Crippen LogP contribution is -2.38. The third-order valence-electron chi connectivity index (χ3n) is 3.49. The average Bonchev–Trinajstić information content (AvgIpc) is 2.89. The van der Waals surface area contributed by atoms with Crippen LogP contribution in [0.2, 0.25) is 0 Å². The molecule has 114 valence electrons. The fourth-order valence-electron chi connectivity index (χ4n) is 2.36. The van der Waals surface area contributed by atoms with E-state index in [1.54, 1.807) is 25.2 Å². The van der Waals surface area contributed by atoms with E-state index in [1.807, 2.05) is 18.2 Å². The van der Waals surface area contributed by atoms with Crippen molar-refractivity contribution in [3.8, 4) is 5.75 Å². The largest absolute Gasteiger partial charge is 0.497 e. The number of amides is 2. The molecule has 6 heteroatoms. The molecule has 1 fully saturated rings. The molecule has 2 amide bonds. The molecule has 1 atom stereocenters. The SMILES string of the molecule is COCCNC(=O)C1CCN(c2cccc(OC)c2)C1=O. The van der Waals surface area contributed by atoms with Crippen molar-refractivity contribution >= 4 is 17.5 Å². The van der Waals surface area contributed by atoms with Gasteiger partial charge < -0.3 is 19.7 Å². The summed E-state index contributed by atoms with van der Waals surface area (Å²) in [5.41, 5.74) is 0.756. The van der Waals surface area contributed by atoms with Crippen LogP contribution in [-0.2, 0) is 14.3 Å². The Morgan fingerprint density at radius 1 is 1.43 bits per heavy atom. The van der Waals surface area contributed by atoms with E-state index in [2.05, 4.69) is 5.32 Å². The van der Waals surface area contributed by atoms with E-state index < -0.39 is 5.92 Å². The van der Waals surface area contributed by atoms with Crippen LogP contribution in [0.15, 0.2) is 24.3 Å². The van der Waals surface area contributed by atoms with E-state index in [4.69, 9.17) is 9.47 Å². The summed E-state index contributed by atoms with van der Waals surface area (Å²) in [7, 11) is 3.15. The molecule has 2 rings (SSSR count). The second-order valence-electron chi connectivity index (χ2n) is 4.82. The third-order valence-corrected chi connectivity index (χ3v) is 3.49. The van der Waals surface area contributed by atoms with Gasteiger partial charge in [-0.1, -0.05) is 6.07 Å². The number of rotatable bonds is 6. The highest BCUT2D eigenvalue weighted by molar-refractivity contribution is 6.09. The zero-order chi connectivity index (χ0) is 15.2. The van der Waals surface area contributed by atoms with Gasteiger partial charge in [0.05, 0.1) is 13.7 Å². The number of benzene rings is 1. The molecule has 0 saturated carbocycles. The summed E-state index contributed by atoms with van der Waals surface area (Å²) in [6.45, 7) is 1.39. The smallest absolute Gasteiger partial charge is 0.239 e. The molecule has 0 aromatic heterocycles. The molecular formula is C15H20N2O4. The minimum Gasteiger partial charge on any atom is -0.497 e. The van der Waals surface area contributed by atoms with Crippen LogP contribution in [0.4, 0.5) is 5.69 Å². The summed E-state index contributed by atoms with van der Waals surface area (Å²) >= 11 is 0. The Morgan fingerprint density at radius 2 is 2.24 bits per heavy atom. The van der Waals surface area contributed by atoms with Crippen molar-refractivity contribution in [3.05, 3.63) is 24.3 Å². The number of hydrogen-bond acceptors (Lipinski definition) is 4. The summed E-state index contributed by atoms with van der Waals surface area (Å²) in [4.78, 5) is 26.0. The minimum atomic E-state index is -0.618. The molecule has 1 heterocycles. The Kier molecular flexibility index (Phi) is 5.16. The summed E-state index contributed by atoms with van der Waals surface area (Å²) in [5.74, 6) is -0.332. The van der Waals surface area contributed by atoms with Crippen LogP contribution in [0.3, 0.4) is 0 Å². The third kappa shape index (κ3) is 3.52. The van der Waals surface area contributed by atoms with Gasteiger partial charge in [-0.25, -0.2) is 0 Å². The lowest BCUT2D eigenvalue weighted by atomic mass is 10.1. The number of hydrogen-bond donors (Lipinski definition) is 1. The average molecular weight is 292 g/mol. The van der Waals surface area contributed by atoms with Crippen LogP contribution in [0, 0.1) is 5.92 Å². The number of carbonyl (C=O) groups excluding carboxylic acids is 2. The lowest BCUT2D eigenvalue weighted by Gasteiger charge is -2.17. The van der Waals surface area contributed by atoms with Gasteiger partial charge in [0.25, 0.3) is 0 Å². The van der Waals surface area contributed by atoms with E-state index in [1.165, 1.54) is 0 Å². The molecule has 1 aliphatic heterocycles. The van der Waals surface area contributed by atoms with Gasteiger partial charge in [-0.3, -0.25) is 9.59 Å². The van der Waals surface area contributed by atoms with Crippen molar-refractivity contribution in [1.29, 1.82) is 0 Å². The molecule has 1 N–H and O–H groups in total. The Bertz CT molecular complexity index is 518. The van der Waals surface area contributed by atoms with Crippen LogP contribution in [0.1, 0.15) is 6.42 Å². The predicted molar refractivity (Wildman–Crippen MR) is 78.3 cm³/mol. The fourth-order valence-corrected chi connectivity index (χ4v) is 2.36. The van der Waals surface area contributed by atoms with Gasteiger partial charge in [0.1, 0.15) is 11.7 Å². The highest BCUT2D eigenvalue weighted by Crippen LogP contribution is 2.27. The zero-order valence-corrected chi connectivity index (χ0v) is 12.3. The van der Waals surface area contributed by atoms with Crippen molar-refractivity contribution in [2.45, 2.75) is 6.42 Å². The molecule has 21 heavy (non-hydrogen) atoms. The van der Waals surface area contributed by atoms with Crippen molar-refractivity contribution in [3.63, 3.8) is 0 Å². The molecule has 1 unspecified atom stereocenters. The maximum absolute atomic E-state index is 12.4. The number of nitrogens with zero attached hydrogens (tertiary/aromatic N) is 1. The molecule has 0 radical (unpaired) electrons. The summed E-state index contributed by atoms with van der Waals surface area (Å²) in [6.07, 6.45) is 0.523. The molecule has 6 nitrogen and oxygen atoms in total. The molecule has 0 aliphatic carbocycles. The fraction of sp³-hybridized carbons (Fsp3) is 0.467. The first-order chi connectivity index (χ1) is 10.2. The first-order valence-corrected chi connectivity index (χ1v) is 6.89. The number of carbonyl (C=O) groups is 2. The predicted octanol–water partition coefficient (Wildman–Crippen LogP) is 0.811. The van der Waals surface area contributed by atoms with Gasteiger partial charge in [0.15, 0.2) is 0 Å². The quantitative estimate of drug-likeness (QED) is 0.622. The highest BCUT2D eigenvalue weighted by Gasteiger charge is 2.37. The Labute approximate surface area is 124 Å². The van der Waals surface area contributed by atoms with Gasteiger partial charge in [0.2, 0.25) is 11.8 Å². The molecule has 1 aromatic carbocycles. The summed E-state index contributed by atoms with van der Waals surface area (Å²) in [6, 6.07) is 7.28. The van der Waals surface area contributed by atoms with Crippen molar-refractivity contribution in [2.24, 2.45) is 5.92 Å². The van der Waals surface area contributed by atoms with Crippen LogP contribution in [-0.4, -0.2) is 45.7 Å². The first kappa shape index (κ1) is 15.3. The molecule has 1 saturated heterocycles. The minimum absolute atomic E-state index is 0.168. The van der Waals surface area contributed by atoms with E-state index in [0.717, 1.165) is 5.69 Å². The van der Waals surface area contributed by atoms with E-state index >= 15 is 0 Å². The Balaban J connectivity index is 2.02. The van der Waals surface area contributed by atoms with Crippen LogP contribution in [0.25, 0.3) is 0 Å². The maximum atomic E-state index is 12.4. The second-order valence-corrected chi connectivity index (χ2v) is 4.82. The number of ether oxygens (including phenoxy) is 2. The summed E-state index contributed by atoms with van der Waals surface area (Å²) in [5, 5.41) is 2.71. The molecular weight excluding hydrogens is 272 g/mol. The van der Waals surface area contributed by atoms with Gasteiger partial charge in [-0.05, 0) is 18.6 Å². The van der Waals surface area contributed by atoms with E-state index in [-0.39, 0.29) is 11.8 Å². The van der Waals surface area contributed by atoms with Crippen LogP contribution in [0.5, 0.6) is 5.75 Å². The number of anilines is 1. The van der Waals surface area contributed by atoms with Crippen molar-refractivity contribution < 1.29 is 19.1 Å². The lowest BCUT2D eigenvalue weighted by molar-refractivity contribution is -0.132. The maximum Gasteiger partial charge on any atom is 0.239 e. The highest BCUT2D eigenvalue weighted by atomic mass is 16.5. The van der Waals surface area contributed by atoms with E-state index in [9.17, 15) is 9.59 Å². The van der Waals surface area contributed by atoms with Gasteiger partial charge in [0, 0.05) is 32.0 Å². The zero-order valence-electron chi connectivity index (χ0n) is 12.3. The number of nitrogens with one attached hydrogen (secondary N) is 1. The summed E-state index contributed by atoms with van der Waals surface area (Å²) < 4.78 is 10.0. The first-order valence-electron chi connectivity index (χ1n) is 6.89. The van der Waals surface area contributed by atoms with Gasteiger partial charge >= 0.3 is 0 Å². The van der Waals surface area contributed by atoms with Gasteiger partial charge in [-0.2, -0.15) is 0 Å². The van der Waals surface area contributed by atoms with Crippen LogP contribution < -0.4 is 15.0 Å². The Hall–Kier alpha value is -2.08. The molecule has 1 aromatic rings. The topological polar surface area (TPSA) is 67.9 Å². The number of methoxy groups -OCH3 is 2. The molecule has 1 aliphatic rings. The second kappa shape index (κ2) is 7.08.